The van der Waals surface area contributed by atoms with Crippen LogP contribution >= 0.6 is 0 Å². The third-order valence-corrected chi connectivity index (χ3v) is 4.95. The monoisotopic (exact) mass is 363 g/mol. The van der Waals surface area contributed by atoms with E-state index in [4.69, 9.17) is 5.11 Å². The Balaban J connectivity index is 0.000000273. The number of pyridine rings is 1. The zero-order valence-corrected chi connectivity index (χ0v) is 17.0. The van der Waals surface area contributed by atoms with E-state index in [1.165, 1.54) is 18.4 Å². The lowest BCUT2D eigenvalue weighted by Gasteiger charge is -2.26. The number of carbonyl (C=O) groups is 1. The van der Waals surface area contributed by atoms with Crippen molar-refractivity contribution in [1.82, 2.24) is 10.3 Å². The number of unbranched alkanes of at least 4 members (excludes halogenated alkanes) is 1. The topological polar surface area (TPSA) is 65.5 Å². The van der Waals surface area contributed by atoms with Crippen LogP contribution in [-0.4, -0.2) is 42.2 Å². The average Bonchev–Trinajstić information content (AvgIpc) is 2.64. The van der Waals surface area contributed by atoms with E-state index in [0.29, 0.717) is 12.5 Å². The van der Waals surface area contributed by atoms with Crippen molar-refractivity contribution in [1.29, 1.82) is 0 Å². The predicted octanol–water partition coefficient (Wildman–Crippen LogP) is 3.69. The predicted molar refractivity (Wildman–Crippen MR) is 108 cm³/mol. The molecule has 1 aliphatic rings. The first-order valence-electron chi connectivity index (χ1n) is 10.00. The van der Waals surface area contributed by atoms with E-state index in [1.807, 2.05) is 26.2 Å². The van der Waals surface area contributed by atoms with Gasteiger partial charge in [0.15, 0.2) is 0 Å². The normalized spacial score (nSPS) is 19.3. The van der Waals surface area contributed by atoms with Gasteiger partial charge in [-0.15, -0.1) is 0 Å². The molecule has 148 valence electrons. The van der Waals surface area contributed by atoms with Crippen molar-refractivity contribution >= 4 is 11.7 Å². The number of hydrogen-bond acceptors (Lipinski definition) is 4. The number of aromatic nitrogens is 1. The maximum Gasteiger partial charge on any atom is 0.220 e. The fourth-order valence-corrected chi connectivity index (χ4v) is 2.95. The molecular weight excluding hydrogens is 326 g/mol. The number of aliphatic hydroxyl groups excluding tert-OH is 1. The molecule has 1 aromatic rings. The zero-order chi connectivity index (χ0) is 19.4. The van der Waals surface area contributed by atoms with Gasteiger partial charge in [0.05, 0.1) is 0 Å². The second kappa shape index (κ2) is 12.7. The van der Waals surface area contributed by atoms with Gasteiger partial charge in [-0.3, -0.25) is 4.79 Å². The molecule has 5 nitrogen and oxygen atoms in total. The van der Waals surface area contributed by atoms with Crippen LogP contribution in [0.3, 0.4) is 0 Å². The lowest BCUT2D eigenvalue weighted by Crippen LogP contribution is -2.37. The molecule has 1 aromatic heterocycles. The first-order valence-corrected chi connectivity index (χ1v) is 10.00. The Labute approximate surface area is 159 Å². The van der Waals surface area contributed by atoms with Gasteiger partial charge >= 0.3 is 0 Å². The summed E-state index contributed by atoms with van der Waals surface area (Å²) in [5.41, 5.74) is 1.21. The molecule has 2 N–H and O–H groups in total. The SMILES string of the molecule is CC1CCC(NC(=O)CCCCO)CC1.CCN(C)c1ccc(C)cn1. The molecule has 0 aromatic carbocycles. The number of rotatable bonds is 7. The van der Waals surface area contributed by atoms with Crippen LogP contribution in [-0.2, 0) is 4.79 Å². The lowest BCUT2D eigenvalue weighted by molar-refractivity contribution is -0.122. The zero-order valence-electron chi connectivity index (χ0n) is 17.0. The van der Waals surface area contributed by atoms with Gasteiger partial charge in [0.2, 0.25) is 5.91 Å². The highest BCUT2D eigenvalue weighted by atomic mass is 16.3. The summed E-state index contributed by atoms with van der Waals surface area (Å²) in [7, 11) is 2.04. The Hall–Kier alpha value is -1.62. The van der Waals surface area contributed by atoms with Gasteiger partial charge in [-0.05, 0) is 69.9 Å². The summed E-state index contributed by atoms with van der Waals surface area (Å²) in [5.74, 6) is 2.02. The molecule has 1 aliphatic carbocycles. The number of hydrogen-bond donors (Lipinski definition) is 2. The molecule has 26 heavy (non-hydrogen) atoms. The second-order valence-corrected chi connectivity index (χ2v) is 7.41. The van der Waals surface area contributed by atoms with E-state index in [-0.39, 0.29) is 12.5 Å². The van der Waals surface area contributed by atoms with Crippen LogP contribution < -0.4 is 10.2 Å². The van der Waals surface area contributed by atoms with E-state index in [1.54, 1.807) is 0 Å². The Kier molecular flexibility index (Phi) is 10.9. The van der Waals surface area contributed by atoms with E-state index < -0.39 is 0 Å². The summed E-state index contributed by atoms with van der Waals surface area (Å²) in [6, 6.07) is 4.52. The van der Waals surface area contributed by atoms with E-state index in [0.717, 1.165) is 44.0 Å². The van der Waals surface area contributed by atoms with Crippen molar-refractivity contribution < 1.29 is 9.90 Å². The molecule has 2 rings (SSSR count). The van der Waals surface area contributed by atoms with E-state index in [9.17, 15) is 4.79 Å². The first-order chi connectivity index (χ1) is 12.5. The number of anilines is 1. The highest BCUT2D eigenvalue weighted by Gasteiger charge is 2.19. The number of aliphatic hydroxyl groups is 1. The van der Waals surface area contributed by atoms with Crippen LogP contribution in [0.4, 0.5) is 5.82 Å². The molecule has 0 saturated heterocycles. The Bertz CT molecular complexity index is 496. The number of nitrogens with zero attached hydrogens (tertiary/aromatic N) is 2. The van der Waals surface area contributed by atoms with Gasteiger partial charge in [-0.25, -0.2) is 4.98 Å². The van der Waals surface area contributed by atoms with Crippen molar-refractivity contribution in [2.75, 3.05) is 25.1 Å². The maximum absolute atomic E-state index is 11.5. The molecule has 0 atom stereocenters. The van der Waals surface area contributed by atoms with Gasteiger partial charge < -0.3 is 15.3 Å². The van der Waals surface area contributed by atoms with Crippen LogP contribution in [0.15, 0.2) is 18.3 Å². The minimum absolute atomic E-state index is 0.156. The van der Waals surface area contributed by atoms with Crippen molar-refractivity contribution in [3.8, 4) is 0 Å². The summed E-state index contributed by atoms with van der Waals surface area (Å²) in [6.07, 6.45) is 8.72. The third kappa shape index (κ3) is 9.18. The third-order valence-electron chi connectivity index (χ3n) is 4.95. The highest BCUT2D eigenvalue weighted by molar-refractivity contribution is 5.76. The molecule has 1 heterocycles. The summed E-state index contributed by atoms with van der Waals surface area (Å²) >= 11 is 0. The Morgan fingerprint density at radius 1 is 1.27 bits per heavy atom. The molecule has 5 heteroatoms. The molecule has 0 unspecified atom stereocenters. The molecule has 1 amide bonds. The van der Waals surface area contributed by atoms with E-state index >= 15 is 0 Å². The average molecular weight is 364 g/mol. The molecule has 0 spiro atoms. The van der Waals surface area contributed by atoms with Crippen LogP contribution in [0, 0.1) is 12.8 Å². The molecule has 0 radical (unpaired) electrons. The summed E-state index contributed by atoms with van der Waals surface area (Å²) < 4.78 is 0. The van der Waals surface area contributed by atoms with Crippen LogP contribution in [0.25, 0.3) is 0 Å². The van der Waals surface area contributed by atoms with Crippen LogP contribution in [0.2, 0.25) is 0 Å². The number of amides is 1. The van der Waals surface area contributed by atoms with Gasteiger partial charge in [-0.2, -0.15) is 0 Å². The maximum atomic E-state index is 11.5. The largest absolute Gasteiger partial charge is 0.396 e. The van der Waals surface area contributed by atoms with Gasteiger partial charge in [0.25, 0.3) is 0 Å². The lowest BCUT2D eigenvalue weighted by atomic mass is 9.87. The number of carbonyl (C=O) groups excluding carboxylic acids is 1. The smallest absolute Gasteiger partial charge is 0.220 e. The Morgan fingerprint density at radius 2 is 1.96 bits per heavy atom. The summed E-state index contributed by atoms with van der Waals surface area (Å²) in [4.78, 5) is 17.9. The highest BCUT2D eigenvalue weighted by Crippen LogP contribution is 2.23. The van der Waals surface area contributed by atoms with Gasteiger partial charge in [0.1, 0.15) is 5.82 Å². The van der Waals surface area contributed by atoms with Crippen LogP contribution in [0.5, 0.6) is 0 Å². The van der Waals surface area contributed by atoms with Crippen molar-refractivity contribution in [3.63, 3.8) is 0 Å². The molecule has 0 aliphatic heterocycles. The van der Waals surface area contributed by atoms with Crippen molar-refractivity contribution in [2.24, 2.45) is 5.92 Å². The first kappa shape index (κ1) is 22.4. The fraction of sp³-hybridized carbons (Fsp3) is 0.714. The minimum Gasteiger partial charge on any atom is -0.396 e. The molecular formula is C21H37N3O2. The van der Waals surface area contributed by atoms with E-state index in [2.05, 4.69) is 35.1 Å². The summed E-state index contributed by atoms with van der Waals surface area (Å²) in [6.45, 7) is 7.62. The van der Waals surface area contributed by atoms with Crippen molar-refractivity contribution in [2.45, 2.75) is 71.8 Å². The molecule has 0 bridgehead atoms. The molecule has 1 saturated carbocycles. The second-order valence-electron chi connectivity index (χ2n) is 7.41. The molecule has 1 fully saturated rings. The van der Waals surface area contributed by atoms with Gasteiger partial charge in [0, 0.05) is 38.9 Å². The standard InChI is InChI=1S/C12H23NO2.C9H14N2/c1-10-5-7-11(8-6-10)13-12(15)4-2-3-9-14;1-4-11(3)9-6-5-8(2)7-10-9/h10-11,14H,2-9H2,1H3,(H,13,15);5-7H,4H2,1-3H3. The number of nitrogens with one attached hydrogen (secondary N) is 1. The van der Waals surface area contributed by atoms with Gasteiger partial charge in [-0.1, -0.05) is 13.0 Å². The number of aryl methyl sites for hydroxylation is 1. The minimum atomic E-state index is 0.156. The quantitative estimate of drug-likeness (QED) is 0.725. The summed E-state index contributed by atoms with van der Waals surface area (Å²) in [5, 5.41) is 11.7. The Morgan fingerprint density at radius 3 is 2.50 bits per heavy atom. The van der Waals surface area contributed by atoms with Crippen molar-refractivity contribution in [3.05, 3.63) is 23.9 Å². The fourth-order valence-electron chi connectivity index (χ4n) is 2.95. The van der Waals surface area contributed by atoms with Crippen LogP contribution in [0.1, 0.15) is 64.4 Å².